The molecule has 0 bridgehead atoms. The van der Waals surface area contributed by atoms with Gasteiger partial charge in [0.15, 0.2) is 5.75 Å². The average molecular weight is 325 g/mol. The van der Waals surface area contributed by atoms with Crippen molar-refractivity contribution in [2.45, 2.75) is 13.0 Å². The van der Waals surface area contributed by atoms with Crippen LogP contribution in [0.3, 0.4) is 0 Å². The van der Waals surface area contributed by atoms with Crippen LogP contribution in [0.2, 0.25) is 10.0 Å². The first-order valence-electron chi connectivity index (χ1n) is 6.58. The van der Waals surface area contributed by atoms with E-state index in [1.54, 1.807) is 17.0 Å². The number of amides is 1. The molecular formula is C15H14Cl2N2O2. The van der Waals surface area contributed by atoms with Crippen LogP contribution >= 0.6 is 23.2 Å². The maximum Gasteiger partial charge on any atom is 0.259 e. The molecule has 1 aromatic heterocycles. The lowest BCUT2D eigenvalue weighted by molar-refractivity contribution is 0.0731. The number of aromatic nitrogens is 1. The van der Waals surface area contributed by atoms with Crippen LogP contribution in [0.15, 0.2) is 24.4 Å². The quantitative estimate of drug-likeness (QED) is 0.918. The number of ether oxygens (including phenoxy) is 1. The van der Waals surface area contributed by atoms with Crippen molar-refractivity contribution in [1.29, 1.82) is 0 Å². The second kappa shape index (κ2) is 5.62. The lowest BCUT2D eigenvalue weighted by Crippen LogP contribution is -2.36. The number of nitrogens with zero attached hydrogens (tertiary/aromatic N) is 1. The van der Waals surface area contributed by atoms with Gasteiger partial charge in [0, 0.05) is 31.4 Å². The van der Waals surface area contributed by atoms with E-state index < -0.39 is 0 Å². The van der Waals surface area contributed by atoms with Gasteiger partial charge in [-0.25, -0.2) is 0 Å². The number of fused-ring (bicyclic) bond motifs is 1. The van der Waals surface area contributed by atoms with Crippen molar-refractivity contribution in [3.05, 3.63) is 51.3 Å². The van der Waals surface area contributed by atoms with Crippen LogP contribution in [-0.4, -0.2) is 29.4 Å². The number of H-pyrrole nitrogens is 1. The standard InChI is InChI=1S/C15H14Cl2N2O2/c1-21-14-11(17)3-2-10(16)13(14)15(20)19-7-5-12-9(8-19)4-6-18-12/h2-4,6,18H,5,7-8H2,1H3. The van der Waals surface area contributed by atoms with Crippen LogP contribution in [0.5, 0.6) is 5.75 Å². The third kappa shape index (κ3) is 2.49. The lowest BCUT2D eigenvalue weighted by Gasteiger charge is -2.28. The number of rotatable bonds is 2. The number of halogens is 2. The van der Waals surface area contributed by atoms with Gasteiger partial charge in [0.2, 0.25) is 0 Å². The Morgan fingerprint density at radius 1 is 1.29 bits per heavy atom. The first kappa shape index (κ1) is 14.3. The number of methoxy groups -OCH3 is 1. The van der Waals surface area contributed by atoms with Crippen LogP contribution < -0.4 is 4.74 Å². The Morgan fingerprint density at radius 3 is 2.81 bits per heavy atom. The van der Waals surface area contributed by atoms with Crippen LogP contribution in [0.1, 0.15) is 21.6 Å². The summed E-state index contributed by atoms with van der Waals surface area (Å²) in [6.45, 7) is 1.20. The summed E-state index contributed by atoms with van der Waals surface area (Å²) in [5, 5.41) is 0.728. The largest absolute Gasteiger partial charge is 0.494 e. The summed E-state index contributed by atoms with van der Waals surface area (Å²) in [4.78, 5) is 17.7. The fraction of sp³-hybridized carbons (Fsp3) is 0.267. The molecule has 6 heteroatoms. The molecule has 0 unspecified atom stereocenters. The highest BCUT2D eigenvalue weighted by Crippen LogP contribution is 2.35. The normalized spacial score (nSPS) is 14.0. The SMILES string of the molecule is COc1c(Cl)ccc(Cl)c1C(=O)N1CCc2[nH]ccc2C1. The Balaban J connectivity index is 1.95. The number of hydrogen-bond acceptors (Lipinski definition) is 2. The van der Waals surface area contributed by atoms with Crippen molar-refractivity contribution in [1.82, 2.24) is 9.88 Å². The maximum atomic E-state index is 12.8. The van der Waals surface area contributed by atoms with Crippen molar-refractivity contribution in [3.8, 4) is 5.75 Å². The zero-order valence-electron chi connectivity index (χ0n) is 11.5. The van der Waals surface area contributed by atoms with Crippen molar-refractivity contribution in [2.75, 3.05) is 13.7 Å². The van der Waals surface area contributed by atoms with Crippen LogP contribution in [-0.2, 0) is 13.0 Å². The molecule has 0 aliphatic carbocycles. The van der Waals surface area contributed by atoms with E-state index in [1.165, 1.54) is 12.8 Å². The van der Waals surface area contributed by atoms with E-state index in [9.17, 15) is 4.79 Å². The fourth-order valence-electron chi connectivity index (χ4n) is 2.61. The van der Waals surface area contributed by atoms with Crippen molar-refractivity contribution in [3.63, 3.8) is 0 Å². The second-order valence-electron chi connectivity index (χ2n) is 4.90. The molecule has 0 atom stereocenters. The maximum absolute atomic E-state index is 12.8. The van der Waals surface area contributed by atoms with Gasteiger partial charge in [-0.05, 0) is 23.8 Å². The smallest absolute Gasteiger partial charge is 0.259 e. The third-order valence-corrected chi connectivity index (χ3v) is 4.30. The number of aromatic amines is 1. The highest BCUT2D eigenvalue weighted by atomic mass is 35.5. The van der Waals surface area contributed by atoms with Gasteiger partial charge in [-0.1, -0.05) is 23.2 Å². The summed E-state index contributed by atoms with van der Waals surface area (Å²) in [7, 11) is 1.48. The minimum atomic E-state index is -0.161. The fourth-order valence-corrected chi connectivity index (χ4v) is 3.08. The molecule has 0 saturated carbocycles. The van der Waals surface area contributed by atoms with Crippen LogP contribution in [0.4, 0.5) is 0 Å². The summed E-state index contributed by atoms with van der Waals surface area (Å²) in [6.07, 6.45) is 2.69. The second-order valence-corrected chi connectivity index (χ2v) is 5.71. The van der Waals surface area contributed by atoms with E-state index in [0.29, 0.717) is 34.4 Å². The Labute approximate surface area is 132 Å². The molecule has 0 saturated heterocycles. The predicted octanol–water partition coefficient (Wildman–Crippen LogP) is 3.53. The molecule has 2 aromatic rings. The molecule has 1 aliphatic rings. The van der Waals surface area contributed by atoms with E-state index in [4.69, 9.17) is 27.9 Å². The molecule has 1 amide bonds. The van der Waals surface area contributed by atoms with E-state index in [0.717, 1.165) is 12.0 Å². The summed E-state index contributed by atoms with van der Waals surface area (Å²) in [5.74, 6) is 0.167. The minimum absolute atomic E-state index is 0.161. The molecular weight excluding hydrogens is 311 g/mol. The van der Waals surface area contributed by atoms with Gasteiger partial charge in [0.05, 0.1) is 17.2 Å². The van der Waals surface area contributed by atoms with E-state index in [-0.39, 0.29) is 5.91 Å². The molecule has 21 heavy (non-hydrogen) atoms. The monoisotopic (exact) mass is 324 g/mol. The van der Waals surface area contributed by atoms with Crippen LogP contribution in [0, 0.1) is 0 Å². The zero-order chi connectivity index (χ0) is 15.0. The van der Waals surface area contributed by atoms with Crippen molar-refractivity contribution < 1.29 is 9.53 Å². The number of benzene rings is 1. The van der Waals surface area contributed by atoms with E-state index in [2.05, 4.69) is 4.98 Å². The van der Waals surface area contributed by atoms with Gasteiger partial charge in [-0.2, -0.15) is 0 Å². The first-order chi connectivity index (χ1) is 10.1. The molecule has 2 heterocycles. The van der Waals surface area contributed by atoms with Gasteiger partial charge in [-0.15, -0.1) is 0 Å². The minimum Gasteiger partial charge on any atom is -0.494 e. The third-order valence-electron chi connectivity index (χ3n) is 3.69. The molecule has 110 valence electrons. The highest BCUT2D eigenvalue weighted by Gasteiger charge is 2.27. The van der Waals surface area contributed by atoms with Gasteiger partial charge < -0.3 is 14.6 Å². The summed E-state index contributed by atoms with van der Waals surface area (Å²) < 4.78 is 5.25. The lowest BCUT2D eigenvalue weighted by atomic mass is 10.1. The van der Waals surface area contributed by atoms with Gasteiger partial charge >= 0.3 is 0 Å². The Kier molecular flexibility index (Phi) is 3.83. The molecule has 1 aliphatic heterocycles. The number of nitrogens with one attached hydrogen (secondary N) is 1. The molecule has 0 spiro atoms. The van der Waals surface area contributed by atoms with E-state index in [1.807, 2.05) is 12.3 Å². The Hall–Kier alpha value is -1.65. The van der Waals surface area contributed by atoms with Gasteiger partial charge in [0.25, 0.3) is 5.91 Å². The summed E-state index contributed by atoms with van der Waals surface area (Å²) in [6, 6.07) is 5.23. The summed E-state index contributed by atoms with van der Waals surface area (Å²) in [5.41, 5.74) is 2.64. The Bertz CT molecular complexity index is 697. The van der Waals surface area contributed by atoms with Gasteiger partial charge in [-0.3, -0.25) is 4.79 Å². The van der Waals surface area contributed by atoms with Crippen LogP contribution in [0.25, 0.3) is 0 Å². The zero-order valence-corrected chi connectivity index (χ0v) is 13.0. The number of hydrogen-bond donors (Lipinski definition) is 1. The number of carbonyl (C=O) groups excluding carboxylic acids is 1. The molecule has 1 N–H and O–H groups in total. The average Bonchev–Trinajstić information content (AvgIpc) is 2.96. The van der Waals surface area contributed by atoms with Gasteiger partial charge in [0.1, 0.15) is 5.56 Å². The highest BCUT2D eigenvalue weighted by molar-refractivity contribution is 6.37. The molecule has 0 fully saturated rings. The molecule has 1 aromatic carbocycles. The van der Waals surface area contributed by atoms with Crippen molar-refractivity contribution >= 4 is 29.1 Å². The Morgan fingerprint density at radius 2 is 2.05 bits per heavy atom. The number of carbonyl (C=O) groups is 1. The molecule has 0 radical (unpaired) electrons. The van der Waals surface area contributed by atoms with E-state index >= 15 is 0 Å². The topological polar surface area (TPSA) is 45.3 Å². The first-order valence-corrected chi connectivity index (χ1v) is 7.33. The van der Waals surface area contributed by atoms with Crippen molar-refractivity contribution in [2.24, 2.45) is 0 Å². The predicted molar refractivity (Wildman–Crippen MR) is 82.3 cm³/mol. The molecule has 4 nitrogen and oxygen atoms in total. The summed E-state index contributed by atoms with van der Waals surface area (Å²) >= 11 is 12.3. The molecule has 3 rings (SSSR count).